The Hall–Kier alpha value is -0.465. The third-order valence-corrected chi connectivity index (χ3v) is 4.00. The Kier molecular flexibility index (Phi) is 6.08. The van der Waals surface area contributed by atoms with Crippen LogP contribution in [0.4, 0.5) is 0 Å². The highest BCUT2D eigenvalue weighted by Gasteiger charge is 2.32. The monoisotopic (exact) mass is 236 g/mol. The van der Waals surface area contributed by atoms with E-state index in [4.69, 9.17) is 0 Å². The minimum Gasteiger partial charge on any atom is -0.353 e. The van der Waals surface area contributed by atoms with Gasteiger partial charge in [0.15, 0.2) is 0 Å². The Morgan fingerprint density at radius 1 is 1.35 bits per heavy atom. The highest BCUT2D eigenvalue weighted by molar-refractivity contribution is 6.35. The normalized spacial score (nSPS) is 25.2. The summed E-state index contributed by atoms with van der Waals surface area (Å²) in [6.07, 6.45) is 5.51. The topological polar surface area (TPSA) is 29.1 Å². The lowest BCUT2D eigenvalue weighted by atomic mass is 9.69. The van der Waals surface area contributed by atoms with E-state index < -0.39 is 0 Å². The van der Waals surface area contributed by atoms with Gasteiger partial charge in [0.2, 0.25) is 5.91 Å². The van der Waals surface area contributed by atoms with E-state index in [1.54, 1.807) is 0 Å². The fraction of sp³-hybridized carbons (Fsp3) is 0.929. The first-order valence-corrected chi connectivity index (χ1v) is 7.16. The summed E-state index contributed by atoms with van der Waals surface area (Å²) in [4.78, 5) is 11.9. The molecule has 0 aliphatic heterocycles. The van der Waals surface area contributed by atoms with Crippen molar-refractivity contribution in [3.8, 4) is 0 Å². The zero-order chi connectivity index (χ0) is 12.8. The van der Waals surface area contributed by atoms with Crippen LogP contribution in [0.1, 0.15) is 47.0 Å². The summed E-state index contributed by atoms with van der Waals surface area (Å²) in [6, 6.07) is 0.451. The van der Waals surface area contributed by atoms with E-state index in [2.05, 4.69) is 33.4 Å². The molecule has 2 nitrogen and oxygen atoms in total. The first-order valence-electron chi connectivity index (χ1n) is 7.16. The predicted molar refractivity (Wildman–Crippen MR) is 74.3 cm³/mol. The molecule has 0 spiro atoms. The lowest BCUT2D eigenvalue weighted by Gasteiger charge is -2.38. The van der Waals surface area contributed by atoms with Gasteiger partial charge in [-0.05, 0) is 31.1 Å². The summed E-state index contributed by atoms with van der Waals surface area (Å²) < 4.78 is 0. The van der Waals surface area contributed by atoms with Crippen LogP contribution >= 0.6 is 0 Å². The van der Waals surface area contributed by atoms with E-state index in [9.17, 15) is 4.79 Å². The summed E-state index contributed by atoms with van der Waals surface area (Å²) in [5.41, 5.74) is 0. The van der Waals surface area contributed by atoms with Crippen LogP contribution in [0.3, 0.4) is 0 Å². The molecule has 0 aromatic carbocycles. The van der Waals surface area contributed by atoms with Gasteiger partial charge in [-0.25, -0.2) is 0 Å². The maximum Gasteiger partial charge on any atom is 0.223 e. The quantitative estimate of drug-likeness (QED) is 0.534. The smallest absolute Gasteiger partial charge is 0.223 e. The number of carbonyl (C=O) groups is 1. The lowest BCUT2D eigenvalue weighted by Crippen LogP contribution is -2.47. The van der Waals surface area contributed by atoms with Crippen molar-refractivity contribution in [2.75, 3.05) is 0 Å². The molecule has 0 aromatic rings. The second kappa shape index (κ2) is 7.08. The van der Waals surface area contributed by atoms with Crippen molar-refractivity contribution in [3.05, 3.63) is 0 Å². The number of amides is 1. The Balaban J connectivity index is 2.13. The van der Waals surface area contributed by atoms with Gasteiger partial charge >= 0.3 is 0 Å². The van der Waals surface area contributed by atoms with Crippen molar-refractivity contribution >= 4 is 13.2 Å². The molecule has 1 aliphatic rings. The van der Waals surface area contributed by atoms with Gasteiger partial charge in [0.1, 0.15) is 7.28 Å². The van der Waals surface area contributed by atoms with Gasteiger partial charge in [0, 0.05) is 12.0 Å². The molecule has 1 saturated carbocycles. The van der Waals surface area contributed by atoms with Crippen LogP contribution in [-0.4, -0.2) is 19.2 Å². The average Bonchev–Trinajstić information content (AvgIpc) is 2.22. The number of carbonyl (C=O) groups excluding carboxylic acids is 1. The molecule has 1 aliphatic carbocycles. The van der Waals surface area contributed by atoms with Gasteiger partial charge in [-0.15, -0.1) is 0 Å². The van der Waals surface area contributed by atoms with Gasteiger partial charge in [0.05, 0.1) is 0 Å². The molecule has 0 aromatic heterocycles. The summed E-state index contributed by atoms with van der Waals surface area (Å²) in [7, 11) is 2.25. The van der Waals surface area contributed by atoms with Gasteiger partial charge in [-0.1, -0.05) is 40.3 Å². The number of rotatable bonds is 7. The maximum absolute atomic E-state index is 11.9. The van der Waals surface area contributed by atoms with Crippen molar-refractivity contribution in [1.82, 2.24) is 5.32 Å². The zero-order valence-electron chi connectivity index (χ0n) is 11.8. The van der Waals surface area contributed by atoms with E-state index in [0.717, 1.165) is 30.9 Å². The summed E-state index contributed by atoms with van der Waals surface area (Å²) in [6.45, 7) is 8.72. The van der Waals surface area contributed by atoms with Crippen LogP contribution < -0.4 is 5.32 Å². The predicted octanol–water partition coefficient (Wildman–Crippen LogP) is 3.12. The molecule has 1 unspecified atom stereocenters. The largest absolute Gasteiger partial charge is 0.353 e. The molecule has 1 radical (unpaired) electrons. The zero-order valence-corrected chi connectivity index (χ0v) is 11.8. The van der Waals surface area contributed by atoms with E-state index in [0.29, 0.717) is 6.04 Å². The molecule has 17 heavy (non-hydrogen) atoms. The highest BCUT2D eigenvalue weighted by Crippen LogP contribution is 2.33. The van der Waals surface area contributed by atoms with E-state index in [1.165, 1.54) is 12.8 Å². The van der Waals surface area contributed by atoms with Crippen LogP contribution in [0, 0.1) is 17.8 Å². The lowest BCUT2D eigenvalue weighted by molar-refractivity contribution is -0.126. The molecule has 1 amide bonds. The Labute approximate surface area is 107 Å². The van der Waals surface area contributed by atoms with Gasteiger partial charge in [0.25, 0.3) is 0 Å². The van der Waals surface area contributed by atoms with Crippen molar-refractivity contribution in [3.63, 3.8) is 0 Å². The van der Waals surface area contributed by atoms with Crippen molar-refractivity contribution in [2.24, 2.45) is 17.8 Å². The summed E-state index contributed by atoms with van der Waals surface area (Å²) in [5, 5.41) is 3.18. The minimum atomic E-state index is 0.163. The average molecular weight is 236 g/mol. The molecular weight excluding hydrogens is 209 g/mol. The van der Waals surface area contributed by atoms with Crippen LogP contribution in [0.5, 0.6) is 0 Å². The van der Waals surface area contributed by atoms with Gasteiger partial charge < -0.3 is 5.32 Å². The van der Waals surface area contributed by atoms with Crippen LogP contribution in [0.25, 0.3) is 0 Å². The van der Waals surface area contributed by atoms with Crippen molar-refractivity contribution < 1.29 is 4.79 Å². The summed E-state index contributed by atoms with van der Waals surface area (Å²) in [5.74, 6) is 2.00. The number of hydrogen-bond donors (Lipinski definition) is 1. The van der Waals surface area contributed by atoms with Gasteiger partial charge in [-0.2, -0.15) is 0 Å². The van der Waals surface area contributed by atoms with Gasteiger partial charge in [-0.3, -0.25) is 4.79 Å². The Morgan fingerprint density at radius 2 is 2.00 bits per heavy atom. The van der Waals surface area contributed by atoms with Crippen LogP contribution in [-0.2, 0) is 4.79 Å². The molecule has 1 rings (SSSR count). The maximum atomic E-state index is 11.9. The number of hydrogen-bond acceptors (Lipinski definition) is 1. The fourth-order valence-corrected chi connectivity index (χ4v) is 2.37. The van der Waals surface area contributed by atoms with Crippen LogP contribution in [0.15, 0.2) is 0 Å². The molecule has 1 fully saturated rings. The Bertz CT molecular complexity index is 236. The van der Waals surface area contributed by atoms with E-state index in [-0.39, 0.29) is 11.8 Å². The SMILES string of the molecule is CC[B]CCC(C)C(=O)NC1CC(C(C)C)C1. The van der Waals surface area contributed by atoms with E-state index >= 15 is 0 Å². The standard InChI is InChI=1S/C14H27BNO/c1-5-15-7-6-11(4)14(17)16-13-8-12(9-13)10(2)3/h10-13H,5-9H2,1-4H3,(H,16,17). The first-order chi connectivity index (χ1) is 8.04. The highest BCUT2D eigenvalue weighted by atomic mass is 16.1. The van der Waals surface area contributed by atoms with E-state index in [1.807, 2.05) is 6.92 Å². The second-order valence-electron chi connectivity index (χ2n) is 5.86. The first kappa shape index (κ1) is 14.6. The molecule has 0 saturated heterocycles. The minimum absolute atomic E-state index is 0.163. The second-order valence-corrected chi connectivity index (χ2v) is 5.86. The van der Waals surface area contributed by atoms with Crippen molar-refractivity contribution in [1.29, 1.82) is 0 Å². The van der Waals surface area contributed by atoms with Crippen molar-refractivity contribution in [2.45, 2.75) is 65.6 Å². The third kappa shape index (κ3) is 4.73. The third-order valence-electron chi connectivity index (χ3n) is 4.00. The molecule has 0 bridgehead atoms. The van der Waals surface area contributed by atoms with Crippen LogP contribution in [0.2, 0.25) is 12.6 Å². The molecule has 0 heterocycles. The molecule has 1 N–H and O–H groups in total. The Morgan fingerprint density at radius 3 is 2.53 bits per heavy atom. The molecule has 97 valence electrons. The molecule has 1 atom stereocenters. The molecule has 3 heteroatoms. The fourth-order valence-electron chi connectivity index (χ4n) is 2.37. The summed E-state index contributed by atoms with van der Waals surface area (Å²) >= 11 is 0. The molecular formula is C14H27BNO. The number of nitrogens with one attached hydrogen (secondary N) is 1.